The Kier molecular flexibility index (Phi) is 7.20. The van der Waals surface area contributed by atoms with Crippen molar-refractivity contribution in [1.82, 2.24) is 9.80 Å². The summed E-state index contributed by atoms with van der Waals surface area (Å²) in [5.74, 6) is 2.73. The Bertz CT molecular complexity index is 324. The topological polar surface area (TPSA) is 23.6 Å². The normalized spacial score (nSPS) is 24.6. The molecule has 3 aliphatic rings. The number of hydrogen-bond acceptors (Lipinski definition) is 2. The summed E-state index contributed by atoms with van der Waals surface area (Å²) in [7, 11) is 2.22. The van der Waals surface area contributed by atoms with Crippen molar-refractivity contribution in [2.75, 3.05) is 33.2 Å². The van der Waals surface area contributed by atoms with Gasteiger partial charge in [0.25, 0.3) is 0 Å². The predicted octanol–water partition coefficient (Wildman–Crippen LogP) is 3.78. The Balaban J connectivity index is 0.000000164. The van der Waals surface area contributed by atoms with Crippen LogP contribution in [0.3, 0.4) is 0 Å². The van der Waals surface area contributed by atoms with Crippen LogP contribution in [0.25, 0.3) is 0 Å². The van der Waals surface area contributed by atoms with Gasteiger partial charge in [0.15, 0.2) is 0 Å². The largest absolute Gasteiger partial charge is 0.342 e. The summed E-state index contributed by atoms with van der Waals surface area (Å²) >= 11 is 0. The van der Waals surface area contributed by atoms with Gasteiger partial charge < -0.3 is 9.80 Å². The Morgan fingerprint density at radius 1 is 0.864 bits per heavy atom. The molecule has 0 atom stereocenters. The van der Waals surface area contributed by atoms with Crippen LogP contribution in [0.1, 0.15) is 65.2 Å². The van der Waals surface area contributed by atoms with Gasteiger partial charge in [-0.1, -0.05) is 33.1 Å². The van der Waals surface area contributed by atoms with E-state index in [0.717, 1.165) is 37.8 Å². The second-order valence-corrected chi connectivity index (χ2v) is 7.90. The Morgan fingerprint density at radius 2 is 1.45 bits per heavy atom. The van der Waals surface area contributed by atoms with Crippen LogP contribution in [0, 0.1) is 17.8 Å². The van der Waals surface area contributed by atoms with Gasteiger partial charge in [0.05, 0.1) is 0 Å². The van der Waals surface area contributed by atoms with Crippen molar-refractivity contribution in [1.29, 1.82) is 0 Å². The molecular weight excluding hydrogens is 272 g/mol. The van der Waals surface area contributed by atoms with Crippen LogP contribution >= 0.6 is 0 Å². The molecule has 0 aromatic heterocycles. The zero-order valence-electron chi connectivity index (χ0n) is 15.0. The van der Waals surface area contributed by atoms with Gasteiger partial charge in [-0.3, -0.25) is 4.79 Å². The van der Waals surface area contributed by atoms with E-state index in [9.17, 15) is 4.79 Å². The smallest absolute Gasteiger partial charge is 0.225 e. The van der Waals surface area contributed by atoms with Gasteiger partial charge in [-0.15, -0.1) is 0 Å². The second kappa shape index (κ2) is 8.90. The zero-order chi connectivity index (χ0) is 15.9. The molecule has 1 aliphatic carbocycles. The summed E-state index contributed by atoms with van der Waals surface area (Å²) in [6, 6.07) is 0. The summed E-state index contributed by atoms with van der Waals surface area (Å²) in [5.41, 5.74) is 0. The minimum atomic E-state index is 0.388. The van der Waals surface area contributed by atoms with Crippen molar-refractivity contribution in [2.45, 2.75) is 65.2 Å². The fourth-order valence-corrected chi connectivity index (χ4v) is 3.84. The molecule has 0 aromatic carbocycles. The van der Waals surface area contributed by atoms with Crippen LogP contribution in [0.15, 0.2) is 0 Å². The van der Waals surface area contributed by atoms with Crippen LogP contribution in [0.2, 0.25) is 0 Å². The van der Waals surface area contributed by atoms with Crippen molar-refractivity contribution in [3.8, 4) is 0 Å². The molecule has 2 heterocycles. The van der Waals surface area contributed by atoms with Crippen LogP contribution in [0.5, 0.6) is 0 Å². The lowest BCUT2D eigenvalue weighted by molar-refractivity contribution is -0.140. The molecule has 3 fully saturated rings. The van der Waals surface area contributed by atoms with Crippen molar-refractivity contribution in [2.24, 2.45) is 17.8 Å². The molecule has 0 aromatic rings. The Hall–Kier alpha value is -0.570. The Labute approximate surface area is 137 Å². The van der Waals surface area contributed by atoms with Gasteiger partial charge >= 0.3 is 0 Å². The maximum Gasteiger partial charge on any atom is 0.225 e. The molecule has 0 N–H and O–H groups in total. The first kappa shape index (κ1) is 17.8. The summed E-state index contributed by atoms with van der Waals surface area (Å²) in [4.78, 5) is 16.2. The lowest BCUT2D eigenvalue weighted by Gasteiger charge is -2.35. The van der Waals surface area contributed by atoms with E-state index >= 15 is 0 Å². The number of carbonyl (C=O) groups excluding carboxylic acids is 1. The van der Waals surface area contributed by atoms with Gasteiger partial charge in [-0.25, -0.2) is 0 Å². The van der Waals surface area contributed by atoms with Crippen LogP contribution in [-0.2, 0) is 4.79 Å². The lowest BCUT2D eigenvalue weighted by atomic mass is 9.87. The SMILES string of the molecule is CC(C)C1CCN(C)CC1.O=C(C1CCCCC1)N1CCC1. The standard InChI is InChI=1S/C10H17NO.C9H19N/c12-10(11-7-4-8-11)9-5-2-1-3-6-9;1-8(2)9-4-6-10(3)7-5-9/h9H,1-8H2;8-9H,4-7H2,1-3H3. The number of nitrogens with zero attached hydrogens (tertiary/aromatic N) is 2. The Morgan fingerprint density at radius 3 is 1.91 bits per heavy atom. The van der Waals surface area contributed by atoms with Gasteiger partial charge in [0.1, 0.15) is 0 Å². The molecule has 128 valence electrons. The molecule has 22 heavy (non-hydrogen) atoms. The number of rotatable bonds is 2. The van der Waals surface area contributed by atoms with E-state index in [0.29, 0.717) is 11.8 Å². The van der Waals surface area contributed by atoms with Gasteiger partial charge in [0, 0.05) is 19.0 Å². The monoisotopic (exact) mass is 308 g/mol. The highest BCUT2D eigenvalue weighted by Crippen LogP contribution is 2.26. The van der Waals surface area contributed by atoms with E-state index in [1.165, 1.54) is 51.6 Å². The first-order chi connectivity index (χ1) is 10.6. The quantitative estimate of drug-likeness (QED) is 0.775. The van der Waals surface area contributed by atoms with Crippen molar-refractivity contribution < 1.29 is 4.79 Å². The summed E-state index contributed by atoms with van der Waals surface area (Å²) < 4.78 is 0. The maximum absolute atomic E-state index is 11.7. The first-order valence-corrected chi connectivity index (χ1v) is 9.55. The van der Waals surface area contributed by atoms with E-state index < -0.39 is 0 Å². The molecule has 1 saturated carbocycles. The number of piperidine rings is 1. The molecule has 0 bridgehead atoms. The third-order valence-corrected chi connectivity index (χ3v) is 5.83. The first-order valence-electron chi connectivity index (χ1n) is 9.55. The fourth-order valence-electron chi connectivity index (χ4n) is 3.84. The molecule has 1 amide bonds. The van der Waals surface area contributed by atoms with Gasteiger partial charge in [0.2, 0.25) is 5.91 Å². The van der Waals surface area contributed by atoms with Gasteiger partial charge in [-0.2, -0.15) is 0 Å². The lowest BCUT2D eigenvalue weighted by Crippen LogP contribution is -2.45. The van der Waals surface area contributed by atoms with Crippen molar-refractivity contribution in [3.05, 3.63) is 0 Å². The average molecular weight is 309 g/mol. The summed E-state index contributed by atoms with van der Waals surface area (Å²) in [6.45, 7) is 9.35. The van der Waals surface area contributed by atoms with E-state index in [4.69, 9.17) is 0 Å². The van der Waals surface area contributed by atoms with Crippen molar-refractivity contribution in [3.63, 3.8) is 0 Å². The highest BCUT2D eigenvalue weighted by Gasteiger charge is 2.28. The summed E-state index contributed by atoms with van der Waals surface area (Å²) in [5, 5.41) is 0. The van der Waals surface area contributed by atoms with Crippen LogP contribution in [-0.4, -0.2) is 48.9 Å². The molecule has 3 heteroatoms. The molecule has 0 spiro atoms. The van der Waals surface area contributed by atoms with E-state index in [1.807, 2.05) is 4.90 Å². The average Bonchev–Trinajstić information content (AvgIpc) is 2.47. The van der Waals surface area contributed by atoms with E-state index in [2.05, 4.69) is 25.8 Å². The highest BCUT2D eigenvalue weighted by molar-refractivity contribution is 5.79. The molecule has 2 aliphatic heterocycles. The van der Waals surface area contributed by atoms with E-state index in [1.54, 1.807) is 0 Å². The number of amides is 1. The molecule has 0 unspecified atom stereocenters. The molecular formula is C19H36N2O. The van der Waals surface area contributed by atoms with Gasteiger partial charge in [-0.05, 0) is 64.1 Å². The summed E-state index contributed by atoms with van der Waals surface area (Å²) in [6.07, 6.45) is 10.2. The predicted molar refractivity (Wildman–Crippen MR) is 92.8 cm³/mol. The van der Waals surface area contributed by atoms with Crippen molar-refractivity contribution >= 4 is 5.91 Å². The third kappa shape index (κ3) is 5.26. The minimum Gasteiger partial charge on any atom is -0.342 e. The maximum atomic E-state index is 11.7. The number of hydrogen-bond donors (Lipinski definition) is 0. The molecule has 3 rings (SSSR count). The zero-order valence-corrected chi connectivity index (χ0v) is 15.0. The fraction of sp³-hybridized carbons (Fsp3) is 0.947. The highest BCUT2D eigenvalue weighted by atomic mass is 16.2. The number of carbonyl (C=O) groups is 1. The number of likely N-dealkylation sites (tertiary alicyclic amines) is 2. The van der Waals surface area contributed by atoms with E-state index in [-0.39, 0.29) is 0 Å². The van der Waals surface area contributed by atoms with Crippen LogP contribution in [0.4, 0.5) is 0 Å². The third-order valence-electron chi connectivity index (χ3n) is 5.83. The minimum absolute atomic E-state index is 0.388. The molecule has 0 radical (unpaired) electrons. The second-order valence-electron chi connectivity index (χ2n) is 7.90. The molecule has 2 saturated heterocycles. The van der Waals surface area contributed by atoms with Crippen LogP contribution < -0.4 is 0 Å². The molecule has 3 nitrogen and oxygen atoms in total.